The highest BCUT2D eigenvalue weighted by Crippen LogP contribution is 2.11. The molecule has 1 amide bonds. The lowest BCUT2D eigenvalue weighted by molar-refractivity contribution is 0.0946. The summed E-state index contributed by atoms with van der Waals surface area (Å²) in [5, 5.41) is 14.6. The maximum absolute atomic E-state index is 12.0. The molecule has 7 heteroatoms. The summed E-state index contributed by atoms with van der Waals surface area (Å²) in [5.41, 5.74) is 1.19. The molecule has 1 atom stereocenters. The number of hydrogen-bond acceptors (Lipinski definition) is 4. The summed E-state index contributed by atoms with van der Waals surface area (Å²) in [5.74, 6) is 0.508. The number of carbonyl (C=O) groups is 1. The Labute approximate surface area is 135 Å². The van der Waals surface area contributed by atoms with Crippen molar-refractivity contribution >= 4 is 18.3 Å². The first-order valence-electron chi connectivity index (χ1n) is 7.29. The third kappa shape index (κ3) is 4.05. The molecule has 0 spiro atoms. The van der Waals surface area contributed by atoms with Gasteiger partial charge in [-0.1, -0.05) is 18.2 Å². The molecule has 0 aliphatic carbocycles. The molecule has 0 bridgehead atoms. The summed E-state index contributed by atoms with van der Waals surface area (Å²) in [6, 6.07) is 9.55. The van der Waals surface area contributed by atoms with Crippen molar-refractivity contribution in [3.05, 3.63) is 42.2 Å². The van der Waals surface area contributed by atoms with E-state index >= 15 is 0 Å². The molecule has 2 heterocycles. The van der Waals surface area contributed by atoms with E-state index in [9.17, 15) is 4.79 Å². The molecular weight excluding hydrogens is 302 g/mol. The lowest BCUT2D eigenvalue weighted by Crippen LogP contribution is -2.26. The van der Waals surface area contributed by atoms with Crippen LogP contribution in [0.1, 0.15) is 23.3 Å². The van der Waals surface area contributed by atoms with Gasteiger partial charge < -0.3 is 10.6 Å². The molecule has 2 aromatic rings. The normalized spacial score (nSPS) is 17.0. The van der Waals surface area contributed by atoms with E-state index in [1.54, 1.807) is 0 Å². The summed E-state index contributed by atoms with van der Waals surface area (Å²) in [4.78, 5) is 13.5. The van der Waals surface area contributed by atoms with E-state index in [4.69, 9.17) is 0 Å². The first-order valence-corrected chi connectivity index (χ1v) is 7.29. The van der Waals surface area contributed by atoms with Gasteiger partial charge in [-0.25, -0.2) is 0 Å². The minimum atomic E-state index is -0.164. The van der Waals surface area contributed by atoms with Gasteiger partial charge in [-0.15, -0.1) is 17.5 Å². The fourth-order valence-electron chi connectivity index (χ4n) is 2.49. The van der Waals surface area contributed by atoms with E-state index in [1.807, 2.05) is 30.3 Å². The number of nitrogens with one attached hydrogen (secondary N) is 2. The van der Waals surface area contributed by atoms with Crippen molar-refractivity contribution in [3.8, 4) is 5.69 Å². The maximum Gasteiger partial charge on any atom is 0.273 e. The van der Waals surface area contributed by atoms with E-state index in [1.165, 1.54) is 17.4 Å². The van der Waals surface area contributed by atoms with E-state index in [2.05, 4.69) is 20.8 Å². The van der Waals surface area contributed by atoms with Crippen LogP contribution < -0.4 is 10.6 Å². The number of aromatic nitrogens is 3. The molecule has 1 aromatic heterocycles. The molecule has 118 valence electrons. The summed E-state index contributed by atoms with van der Waals surface area (Å²) in [6.45, 7) is 2.83. The second-order valence-corrected chi connectivity index (χ2v) is 5.26. The van der Waals surface area contributed by atoms with E-state index in [0.29, 0.717) is 18.2 Å². The molecular formula is C15H20ClN5O. The van der Waals surface area contributed by atoms with Crippen LogP contribution in [-0.2, 0) is 0 Å². The van der Waals surface area contributed by atoms with Crippen LogP contribution in [0.2, 0.25) is 0 Å². The molecule has 1 saturated heterocycles. The van der Waals surface area contributed by atoms with Crippen LogP contribution in [0, 0.1) is 5.92 Å². The average molecular weight is 322 g/mol. The number of nitrogens with zero attached hydrogens (tertiary/aromatic N) is 3. The topological polar surface area (TPSA) is 71.8 Å². The van der Waals surface area contributed by atoms with Crippen molar-refractivity contribution in [3.63, 3.8) is 0 Å². The maximum atomic E-state index is 12.0. The smallest absolute Gasteiger partial charge is 0.273 e. The first-order chi connectivity index (χ1) is 10.3. The molecule has 1 aliphatic rings. The number of para-hydroxylation sites is 1. The van der Waals surface area contributed by atoms with Crippen LogP contribution in [0.4, 0.5) is 0 Å². The van der Waals surface area contributed by atoms with Gasteiger partial charge in [-0.05, 0) is 44.0 Å². The molecule has 1 aliphatic heterocycles. The fraction of sp³-hybridized carbons (Fsp3) is 0.400. The lowest BCUT2D eigenvalue weighted by Gasteiger charge is -2.08. The number of benzene rings is 1. The summed E-state index contributed by atoms with van der Waals surface area (Å²) in [7, 11) is 0. The highest BCUT2D eigenvalue weighted by molar-refractivity contribution is 5.91. The van der Waals surface area contributed by atoms with Crippen LogP contribution in [0.3, 0.4) is 0 Å². The van der Waals surface area contributed by atoms with Crippen LogP contribution in [0.15, 0.2) is 36.5 Å². The Kier molecular flexibility index (Phi) is 5.91. The quantitative estimate of drug-likeness (QED) is 0.873. The molecule has 6 nitrogen and oxygen atoms in total. The van der Waals surface area contributed by atoms with Crippen molar-refractivity contribution in [1.82, 2.24) is 25.6 Å². The van der Waals surface area contributed by atoms with Gasteiger partial charge in [0.05, 0.1) is 11.9 Å². The Morgan fingerprint density at radius 2 is 2.18 bits per heavy atom. The molecule has 22 heavy (non-hydrogen) atoms. The van der Waals surface area contributed by atoms with Gasteiger partial charge in [0, 0.05) is 6.54 Å². The monoisotopic (exact) mass is 321 g/mol. The fourth-order valence-corrected chi connectivity index (χ4v) is 2.49. The number of rotatable bonds is 5. The van der Waals surface area contributed by atoms with Crippen LogP contribution in [-0.4, -0.2) is 40.5 Å². The van der Waals surface area contributed by atoms with Crippen LogP contribution in [0.5, 0.6) is 0 Å². The molecule has 0 saturated carbocycles. The largest absolute Gasteiger partial charge is 0.351 e. The number of amides is 1. The SMILES string of the molecule is Cl.O=C(NCCC1CCNC1)c1cnn(-c2ccccc2)n1. The van der Waals surface area contributed by atoms with Crippen LogP contribution in [0.25, 0.3) is 5.69 Å². The number of halogens is 1. The molecule has 1 unspecified atom stereocenters. The lowest BCUT2D eigenvalue weighted by atomic mass is 10.1. The van der Waals surface area contributed by atoms with Gasteiger partial charge in [0.25, 0.3) is 5.91 Å². The second-order valence-electron chi connectivity index (χ2n) is 5.26. The number of carbonyl (C=O) groups excluding carboxylic acids is 1. The molecule has 1 aromatic carbocycles. The van der Waals surface area contributed by atoms with Gasteiger partial charge in [0.1, 0.15) is 0 Å². The molecule has 1 fully saturated rings. The van der Waals surface area contributed by atoms with Crippen molar-refractivity contribution in [2.24, 2.45) is 5.92 Å². The molecule has 2 N–H and O–H groups in total. The van der Waals surface area contributed by atoms with Crippen molar-refractivity contribution < 1.29 is 4.79 Å². The Bertz CT molecular complexity index is 595. The zero-order valence-corrected chi connectivity index (χ0v) is 13.1. The highest BCUT2D eigenvalue weighted by Gasteiger charge is 2.15. The third-order valence-corrected chi connectivity index (χ3v) is 3.71. The van der Waals surface area contributed by atoms with Gasteiger partial charge in [0.15, 0.2) is 5.69 Å². The van der Waals surface area contributed by atoms with E-state index in [0.717, 1.165) is 25.2 Å². The zero-order valence-electron chi connectivity index (χ0n) is 12.2. The Balaban J connectivity index is 0.00000176. The summed E-state index contributed by atoms with van der Waals surface area (Å²) >= 11 is 0. The summed E-state index contributed by atoms with van der Waals surface area (Å²) in [6.07, 6.45) is 3.70. The minimum absolute atomic E-state index is 0. The third-order valence-electron chi connectivity index (χ3n) is 3.71. The molecule has 3 rings (SSSR count). The summed E-state index contributed by atoms with van der Waals surface area (Å²) < 4.78 is 0. The van der Waals surface area contributed by atoms with Crippen molar-refractivity contribution in [2.75, 3.05) is 19.6 Å². The standard InChI is InChI=1S/C15H19N5O.ClH/c21-15(17-9-7-12-6-8-16-10-12)14-11-18-20(19-14)13-4-2-1-3-5-13;/h1-5,11-12,16H,6-10H2,(H,17,21);1H. The van der Waals surface area contributed by atoms with Gasteiger partial charge in [-0.2, -0.15) is 9.90 Å². The molecule has 0 radical (unpaired) electrons. The van der Waals surface area contributed by atoms with E-state index < -0.39 is 0 Å². The van der Waals surface area contributed by atoms with Crippen molar-refractivity contribution in [1.29, 1.82) is 0 Å². The predicted octanol–water partition coefficient (Wildman–Crippen LogP) is 1.42. The number of hydrogen-bond donors (Lipinski definition) is 2. The van der Waals surface area contributed by atoms with Crippen molar-refractivity contribution in [2.45, 2.75) is 12.8 Å². The predicted molar refractivity (Wildman–Crippen MR) is 86.5 cm³/mol. The van der Waals surface area contributed by atoms with Gasteiger partial charge >= 0.3 is 0 Å². The minimum Gasteiger partial charge on any atom is -0.351 e. The Hall–Kier alpha value is -1.92. The van der Waals surface area contributed by atoms with Crippen LogP contribution >= 0.6 is 12.4 Å². The van der Waals surface area contributed by atoms with Gasteiger partial charge in [-0.3, -0.25) is 4.79 Å². The van der Waals surface area contributed by atoms with Gasteiger partial charge in [0.2, 0.25) is 0 Å². The Morgan fingerprint density at radius 1 is 1.36 bits per heavy atom. The Morgan fingerprint density at radius 3 is 2.91 bits per heavy atom. The van der Waals surface area contributed by atoms with E-state index in [-0.39, 0.29) is 18.3 Å². The highest BCUT2D eigenvalue weighted by atomic mass is 35.5. The average Bonchev–Trinajstić information content (AvgIpc) is 3.20. The zero-order chi connectivity index (χ0) is 14.5. The second kappa shape index (κ2) is 7.91. The first kappa shape index (κ1) is 16.5.